The Kier molecular flexibility index (Phi) is 5.27. The largest absolute Gasteiger partial charge is 0.494 e. The smallest absolute Gasteiger partial charge is 0.339 e. The van der Waals surface area contributed by atoms with E-state index in [0.717, 1.165) is 22.3 Å². The van der Waals surface area contributed by atoms with Crippen molar-refractivity contribution in [2.24, 2.45) is 0 Å². The van der Waals surface area contributed by atoms with E-state index in [-0.39, 0.29) is 18.3 Å². The second-order valence-corrected chi connectivity index (χ2v) is 6.05. The quantitative estimate of drug-likeness (QED) is 0.760. The Hall–Kier alpha value is -2.36. The van der Waals surface area contributed by atoms with Crippen molar-refractivity contribution in [2.75, 3.05) is 7.11 Å². The van der Waals surface area contributed by atoms with Gasteiger partial charge in [0.25, 0.3) is 0 Å². The highest BCUT2D eigenvalue weighted by molar-refractivity contribution is 5.93. The van der Waals surface area contributed by atoms with Crippen LogP contribution in [0.3, 0.4) is 0 Å². The zero-order valence-corrected chi connectivity index (χ0v) is 15.0. The fourth-order valence-corrected chi connectivity index (χ4v) is 2.83. The maximum absolute atomic E-state index is 13.7. The minimum absolute atomic E-state index is 0.0185. The molecule has 0 aliphatic heterocycles. The first-order valence-corrected chi connectivity index (χ1v) is 7.84. The fraction of sp³-hybridized carbons (Fsp3) is 0.350. The molecule has 0 aliphatic carbocycles. The molecule has 2 rings (SSSR count). The van der Waals surface area contributed by atoms with Crippen LogP contribution in [0.25, 0.3) is 0 Å². The van der Waals surface area contributed by atoms with Crippen LogP contribution in [0.4, 0.5) is 4.39 Å². The molecule has 0 spiro atoms. The van der Waals surface area contributed by atoms with Crippen molar-refractivity contribution in [3.63, 3.8) is 0 Å². The zero-order valence-electron chi connectivity index (χ0n) is 15.0. The summed E-state index contributed by atoms with van der Waals surface area (Å²) in [4.78, 5) is 12.5. The number of methoxy groups -OCH3 is 1. The van der Waals surface area contributed by atoms with Crippen LogP contribution in [-0.2, 0) is 11.3 Å². The Bertz CT molecular complexity index is 765. The van der Waals surface area contributed by atoms with Crippen molar-refractivity contribution < 1.29 is 18.7 Å². The van der Waals surface area contributed by atoms with E-state index in [4.69, 9.17) is 9.47 Å². The molecule has 0 saturated carbocycles. The Morgan fingerprint density at radius 3 is 2.00 bits per heavy atom. The van der Waals surface area contributed by atoms with E-state index in [0.29, 0.717) is 11.1 Å². The third kappa shape index (κ3) is 3.28. The van der Waals surface area contributed by atoms with Gasteiger partial charge in [0.1, 0.15) is 6.61 Å². The van der Waals surface area contributed by atoms with Crippen LogP contribution < -0.4 is 4.74 Å². The lowest BCUT2D eigenvalue weighted by molar-refractivity contribution is 0.0470. The number of rotatable bonds is 4. The number of ether oxygens (including phenoxy) is 2. The van der Waals surface area contributed by atoms with Crippen molar-refractivity contribution in [2.45, 2.75) is 41.2 Å². The predicted octanol–water partition coefficient (Wildman–Crippen LogP) is 4.73. The summed E-state index contributed by atoms with van der Waals surface area (Å²) in [6.07, 6.45) is 0. The molecular weight excluding hydrogens is 307 g/mol. The third-order valence-electron chi connectivity index (χ3n) is 4.79. The van der Waals surface area contributed by atoms with Crippen LogP contribution >= 0.6 is 0 Å². The number of benzene rings is 2. The summed E-state index contributed by atoms with van der Waals surface area (Å²) in [5, 5.41) is 0. The molecular formula is C20H23FO3. The minimum atomic E-state index is -0.472. The molecule has 0 aromatic heterocycles. The first-order valence-electron chi connectivity index (χ1n) is 7.84. The van der Waals surface area contributed by atoms with Gasteiger partial charge in [0.15, 0.2) is 11.6 Å². The maximum Gasteiger partial charge on any atom is 0.339 e. The van der Waals surface area contributed by atoms with Gasteiger partial charge in [-0.1, -0.05) is 6.07 Å². The summed E-state index contributed by atoms with van der Waals surface area (Å²) in [6.45, 7) is 9.95. The van der Waals surface area contributed by atoms with E-state index in [1.807, 2.05) is 27.7 Å². The van der Waals surface area contributed by atoms with Gasteiger partial charge in [-0.15, -0.1) is 0 Å². The summed E-state index contributed by atoms with van der Waals surface area (Å²) in [5.41, 5.74) is 6.44. The van der Waals surface area contributed by atoms with E-state index in [1.165, 1.54) is 24.8 Å². The van der Waals surface area contributed by atoms with Crippen molar-refractivity contribution >= 4 is 5.97 Å². The summed E-state index contributed by atoms with van der Waals surface area (Å²) in [5.74, 6) is -0.686. The Labute approximate surface area is 142 Å². The number of esters is 1. The molecule has 0 fully saturated rings. The summed E-state index contributed by atoms with van der Waals surface area (Å²) < 4.78 is 24.0. The molecule has 0 saturated heterocycles. The molecule has 0 amide bonds. The van der Waals surface area contributed by atoms with Crippen molar-refractivity contribution in [1.82, 2.24) is 0 Å². The van der Waals surface area contributed by atoms with Crippen LogP contribution in [0.5, 0.6) is 5.75 Å². The lowest BCUT2D eigenvalue weighted by Crippen LogP contribution is -2.12. The Morgan fingerprint density at radius 1 is 0.958 bits per heavy atom. The van der Waals surface area contributed by atoms with E-state index in [2.05, 4.69) is 6.92 Å². The molecule has 2 aromatic carbocycles. The molecule has 0 aliphatic rings. The molecule has 3 nitrogen and oxygen atoms in total. The van der Waals surface area contributed by atoms with Crippen molar-refractivity contribution in [3.8, 4) is 5.75 Å². The molecule has 0 radical (unpaired) electrons. The predicted molar refractivity (Wildman–Crippen MR) is 92.2 cm³/mol. The third-order valence-corrected chi connectivity index (χ3v) is 4.79. The second-order valence-electron chi connectivity index (χ2n) is 6.05. The summed E-state index contributed by atoms with van der Waals surface area (Å²) in [6, 6.07) is 4.52. The van der Waals surface area contributed by atoms with Crippen LogP contribution in [0.15, 0.2) is 18.2 Å². The molecule has 0 bridgehead atoms. The van der Waals surface area contributed by atoms with E-state index in [1.54, 1.807) is 6.07 Å². The van der Waals surface area contributed by atoms with Gasteiger partial charge in [0.2, 0.25) is 0 Å². The average molecular weight is 330 g/mol. The minimum Gasteiger partial charge on any atom is -0.494 e. The highest BCUT2D eigenvalue weighted by Gasteiger charge is 2.19. The standard InChI is InChI=1S/C20H23FO3/c1-11-12(2)14(4)19(15(5)13(11)3)20(22)24-10-16-7-8-18(23-6)17(21)9-16/h7-9H,10H2,1-6H3. The maximum atomic E-state index is 13.7. The second kappa shape index (κ2) is 7.04. The van der Waals surface area contributed by atoms with Gasteiger partial charge in [0, 0.05) is 0 Å². The molecule has 0 atom stereocenters. The van der Waals surface area contributed by atoms with Gasteiger partial charge in [-0.3, -0.25) is 0 Å². The van der Waals surface area contributed by atoms with E-state index < -0.39 is 5.82 Å². The van der Waals surface area contributed by atoms with Gasteiger partial charge in [-0.05, 0) is 80.1 Å². The highest BCUT2D eigenvalue weighted by atomic mass is 19.1. The molecule has 128 valence electrons. The number of carbonyl (C=O) groups excluding carboxylic acids is 1. The first-order chi connectivity index (χ1) is 11.3. The SMILES string of the molecule is COc1ccc(COC(=O)c2c(C)c(C)c(C)c(C)c2C)cc1F. The van der Waals surface area contributed by atoms with Crippen molar-refractivity contribution in [1.29, 1.82) is 0 Å². The van der Waals surface area contributed by atoms with Gasteiger partial charge in [0.05, 0.1) is 12.7 Å². The van der Waals surface area contributed by atoms with Crippen LogP contribution in [-0.4, -0.2) is 13.1 Å². The molecule has 0 N–H and O–H groups in total. The van der Waals surface area contributed by atoms with Gasteiger partial charge >= 0.3 is 5.97 Å². The Morgan fingerprint density at radius 2 is 1.50 bits per heavy atom. The number of hydrogen-bond donors (Lipinski definition) is 0. The lowest BCUT2D eigenvalue weighted by Gasteiger charge is -2.17. The van der Waals surface area contributed by atoms with Crippen LogP contribution in [0.1, 0.15) is 43.7 Å². The van der Waals surface area contributed by atoms with Crippen LogP contribution in [0, 0.1) is 40.4 Å². The monoisotopic (exact) mass is 330 g/mol. The van der Waals surface area contributed by atoms with E-state index in [9.17, 15) is 9.18 Å². The topological polar surface area (TPSA) is 35.5 Å². The zero-order chi connectivity index (χ0) is 18.0. The highest BCUT2D eigenvalue weighted by Crippen LogP contribution is 2.27. The number of carbonyl (C=O) groups is 1. The molecule has 4 heteroatoms. The normalized spacial score (nSPS) is 10.6. The fourth-order valence-electron chi connectivity index (χ4n) is 2.83. The molecule has 2 aromatic rings. The summed E-state index contributed by atoms with van der Waals surface area (Å²) in [7, 11) is 1.41. The van der Waals surface area contributed by atoms with Gasteiger partial charge in [-0.2, -0.15) is 0 Å². The number of hydrogen-bond acceptors (Lipinski definition) is 3. The van der Waals surface area contributed by atoms with Gasteiger partial charge in [-0.25, -0.2) is 9.18 Å². The summed E-state index contributed by atoms with van der Waals surface area (Å²) >= 11 is 0. The number of halogens is 1. The van der Waals surface area contributed by atoms with E-state index >= 15 is 0 Å². The first kappa shape index (κ1) is 18.0. The average Bonchev–Trinajstić information content (AvgIpc) is 2.56. The molecule has 24 heavy (non-hydrogen) atoms. The Balaban J connectivity index is 2.24. The van der Waals surface area contributed by atoms with Crippen LogP contribution in [0.2, 0.25) is 0 Å². The lowest BCUT2D eigenvalue weighted by atomic mass is 9.90. The molecule has 0 unspecified atom stereocenters. The van der Waals surface area contributed by atoms with Gasteiger partial charge < -0.3 is 9.47 Å². The molecule has 0 heterocycles. The van der Waals surface area contributed by atoms with Crippen molar-refractivity contribution in [3.05, 3.63) is 63.0 Å².